The van der Waals surface area contributed by atoms with E-state index in [0.29, 0.717) is 13.1 Å². The van der Waals surface area contributed by atoms with Crippen molar-refractivity contribution in [3.63, 3.8) is 0 Å². The quantitative estimate of drug-likeness (QED) is 0.620. The number of aliphatic hydroxyl groups excluding tert-OH is 1. The van der Waals surface area contributed by atoms with Gasteiger partial charge in [-0.15, -0.1) is 0 Å². The maximum atomic E-state index is 11.6. The molecule has 0 aliphatic carbocycles. The molecule has 92 valence electrons. The maximum Gasteiger partial charge on any atom is 0.317 e. The molecular weight excluding hydrogens is 212 g/mol. The summed E-state index contributed by atoms with van der Waals surface area (Å²) in [5, 5.41) is 20.1. The second kappa shape index (κ2) is 5.69. The van der Waals surface area contributed by atoms with E-state index in [4.69, 9.17) is 10.2 Å². The number of carboxylic acids is 1. The van der Waals surface area contributed by atoms with E-state index in [9.17, 15) is 9.59 Å². The van der Waals surface area contributed by atoms with Crippen LogP contribution in [0.5, 0.6) is 0 Å². The topological polar surface area (TPSA) is 89.9 Å². The number of likely N-dealkylation sites (tertiary alicyclic amines) is 1. The van der Waals surface area contributed by atoms with Gasteiger partial charge < -0.3 is 20.4 Å². The molecule has 16 heavy (non-hydrogen) atoms. The molecular formula is C10H18N2O4. The average molecular weight is 230 g/mol. The van der Waals surface area contributed by atoms with E-state index in [1.54, 1.807) is 11.8 Å². The molecule has 1 saturated heterocycles. The highest BCUT2D eigenvalue weighted by molar-refractivity contribution is 5.76. The summed E-state index contributed by atoms with van der Waals surface area (Å²) in [6, 6.07) is -0.246. The van der Waals surface area contributed by atoms with Crippen LogP contribution in [0, 0.1) is 11.8 Å². The van der Waals surface area contributed by atoms with Crippen molar-refractivity contribution in [2.24, 2.45) is 11.8 Å². The molecule has 2 atom stereocenters. The van der Waals surface area contributed by atoms with Crippen molar-refractivity contribution < 1.29 is 19.8 Å². The Balaban J connectivity index is 2.28. The molecule has 1 heterocycles. The van der Waals surface area contributed by atoms with Gasteiger partial charge in [0, 0.05) is 32.2 Å². The minimum absolute atomic E-state index is 0.0926. The molecule has 3 N–H and O–H groups in total. The fraction of sp³-hybridized carbons (Fsp3) is 0.800. The van der Waals surface area contributed by atoms with Crippen LogP contribution in [0.15, 0.2) is 0 Å². The van der Waals surface area contributed by atoms with Crippen LogP contribution < -0.4 is 5.32 Å². The number of hydrogen-bond donors (Lipinski definition) is 3. The van der Waals surface area contributed by atoms with Crippen molar-refractivity contribution in [1.82, 2.24) is 10.2 Å². The van der Waals surface area contributed by atoms with Gasteiger partial charge in [-0.05, 0) is 6.42 Å². The maximum absolute atomic E-state index is 11.6. The average Bonchev–Trinajstić information content (AvgIpc) is 2.73. The van der Waals surface area contributed by atoms with Gasteiger partial charge in [0.05, 0.1) is 5.92 Å². The van der Waals surface area contributed by atoms with Gasteiger partial charge in [-0.1, -0.05) is 6.92 Å². The van der Waals surface area contributed by atoms with Crippen molar-refractivity contribution in [3.8, 4) is 0 Å². The SMILES string of the molecule is CC(CNC(=O)N1CCC(CO)C1)C(=O)O. The zero-order chi connectivity index (χ0) is 12.1. The zero-order valence-corrected chi connectivity index (χ0v) is 9.35. The zero-order valence-electron chi connectivity index (χ0n) is 9.35. The first-order valence-corrected chi connectivity index (χ1v) is 5.41. The van der Waals surface area contributed by atoms with E-state index in [1.807, 2.05) is 0 Å². The molecule has 0 bridgehead atoms. The lowest BCUT2D eigenvalue weighted by Crippen LogP contribution is -2.41. The Morgan fingerprint density at radius 3 is 2.75 bits per heavy atom. The number of carboxylic acid groups (broad SMARTS) is 1. The van der Waals surface area contributed by atoms with E-state index in [2.05, 4.69) is 5.32 Å². The summed E-state index contributed by atoms with van der Waals surface area (Å²) in [5.41, 5.74) is 0. The Morgan fingerprint density at radius 1 is 1.56 bits per heavy atom. The standard InChI is InChI=1S/C10H18N2O4/c1-7(9(14)15)4-11-10(16)12-3-2-8(5-12)6-13/h7-8,13H,2-6H2,1H3,(H,11,16)(H,14,15). The summed E-state index contributed by atoms with van der Waals surface area (Å²) in [6.07, 6.45) is 0.804. The van der Waals surface area contributed by atoms with Gasteiger partial charge in [0.2, 0.25) is 0 Å². The monoisotopic (exact) mass is 230 g/mol. The van der Waals surface area contributed by atoms with E-state index in [0.717, 1.165) is 6.42 Å². The third kappa shape index (κ3) is 3.37. The Kier molecular flexibility index (Phi) is 4.54. The molecule has 0 spiro atoms. The molecule has 2 amide bonds. The van der Waals surface area contributed by atoms with Gasteiger partial charge in [-0.2, -0.15) is 0 Å². The summed E-state index contributed by atoms with van der Waals surface area (Å²) in [6.45, 7) is 2.94. The van der Waals surface area contributed by atoms with E-state index >= 15 is 0 Å². The predicted octanol–water partition coefficient (Wildman–Crippen LogP) is -0.269. The van der Waals surface area contributed by atoms with Crippen LogP contribution in [0.3, 0.4) is 0 Å². The molecule has 1 fully saturated rings. The molecule has 1 aliphatic heterocycles. The van der Waals surface area contributed by atoms with Gasteiger partial charge in [0.15, 0.2) is 0 Å². The van der Waals surface area contributed by atoms with Crippen LogP contribution in [-0.4, -0.2) is 53.4 Å². The number of rotatable bonds is 4. The smallest absolute Gasteiger partial charge is 0.317 e. The molecule has 1 rings (SSSR count). The Labute approximate surface area is 94.2 Å². The van der Waals surface area contributed by atoms with Crippen LogP contribution in [0.25, 0.3) is 0 Å². The second-order valence-corrected chi connectivity index (χ2v) is 4.21. The van der Waals surface area contributed by atoms with Crippen molar-refractivity contribution in [1.29, 1.82) is 0 Å². The van der Waals surface area contributed by atoms with Crippen molar-refractivity contribution >= 4 is 12.0 Å². The van der Waals surface area contributed by atoms with Gasteiger partial charge in [-0.3, -0.25) is 4.79 Å². The van der Waals surface area contributed by atoms with Crippen LogP contribution >= 0.6 is 0 Å². The van der Waals surface area contributed by atoms with Crippen molar-refractivity contribution in [2.75, 3.05) is 26.2 Å². The Hall–Kier alpha value is -1.30. The van der Waals surface area contributed by atoms with Crippen molar-refractivity contribution in [3.05, 3.63) is 0 Å². The Morgan fingerprint density at radius 2 is 2.25 bits per heavy atom. The first kappa shape index (κ1) is 12.8. The first-order valence-electron chi connectivity index (χ1n) is 5.41. The highest BCUT2D eigenvalue weighted by atomic mass is 16.4. The normalized spacial score (nSPS) is 21.9. The number of aliphatic hydroxyl groups is 1. The molecule has 0 saturated carbocycles. The molecule has 1 aliphatic rings. The minimum Gasteiger partial charge on any atom is -0.481 e. The van der Waals surface area contributed by atoms with Gasteiger partial charge in [-0.25, -0.2) is 4.79 Å². The summed E-state index contributed by atoms with van der Waals surface area (Å²) in [7, 11) is 0. The number of nitrogens with one attached hydrogen (secondary N) is 1. The number of amides is 2. The predicted molar refractivity (Wildman–Crippen MR) is 57.0 cm³/mol. The van der Waals surface area contributed by atoms with Crippen molar-refractivity contribution in [2.45, 2.75) is 13.3 Å². The van der Waals surface area contributed by atoms with Crippen LogP contribution in [0.4, 0.5) is 4.79 Å². The van der Waals surface area contributed by atoms with E-state index < -0.39 is 11.9 Å². The molecule has 2 unspecified atom stereocenters. The molecule has 0 radical (unpaired) electrons. The lowest BCUT2D eigenvalue weighted by molar-refractivity contribution is -0.140. The van der Waals surface area contributed by atoms with Crippen LogP contribution in [0.1, 0.15) is 13.3 Å². The molecule has 0 aromatic heterocycles. The molecule has 6 nitrogen and oxygen atoms in total. The summed E-state index contributed by atoms with van der Waals surface area (Å²) >= 11 is 0. The highest BCUT2D eigenvalue weighted by Crippen LogP contribution is 2.15. The van der Waals surface area contributed by atoms with E-state index in [1.165, 1.54) is 0 Å². The second-order valence-electron chi connectivity index (χ2n) is 4.21. The number of urea groups is 1. The minimum atomic E-state index is -0.921. The summed E-state index contributed by atoms with van der Waals surface area (Å²) in [5.74, 6) is -1.35. The molecule has 0 aromatic carbocycles. The molecule has 6 heteroatoms. The van der Waals surface area contributed by atoms with Gasteiger partial charge >= 0.3 is 12.0 Å². The van der Waals surface area contributed by atoms with Gasteiger partial charge in [0.25, 0.3) is 0 Å². The first-order chi connectivity index (χ1) is 7.54. The third-order valence-electron chi connectivity index (χ3n) is 2.81. The number of aliphatic carboxylic acids is 1. The number of carbonyl (C=O) groups excluding carboxylic acids is 1. The van der Waals surface area contributed by atoms with Crippen LogP contribution in [0.2, 0.25) is 0 Å². The number of hydrogen-bond acceptors (Lipinski definition) is 3. The lowest BCUT2D eigenvalue weighted by Gasteiger charge is -2.17. The fourth-order valence-corrected chi connectivity index (χ4v) is 1.61. The largest absolute Gasteiger partial charge is 0.481 e. The number of nitrogens with zero attached hydrogens (tertiary/aromatic N) is 1. The highest BCUT2D eigenvalue weighted by Gasteiger charge is 2.25. The third-order valence-corrected chi connectivity index (χ3v) is 2.81. The Bertz CT molecular complexity index is 270. The van der Waals surface area contributed by atoms with Crippen LogP contribution in [-0.2, 0) is 4.79 Å². The fourth-order valence-electron chi connectivity index (χ4n) is 1.61. The van der Waals surface area contributed by atoms with E-state index in [-0.39, 0.29) is 25.1 Å². The molecule has 0 aromatic rings. The lowest BCUT2D eigenvalue weighted by atomic mass is 10.1. The number of carbonyl (C=O) groups is 2. The summed E-state index contributed by atoms with van der Waals surface area (Å²) in [4.78, 5) is 23.7. The van der Waals surface area contributed by atoms with Gasteiger partial charge in [0.1, 0.15) is 0 Å². The summed E-state index contributed by atoms with van der Waals surface area (Å²) < 4.78 is 0.